The van der Waals surface area contributed by atoms with E-state index in [-0.39, 0.29) is 23.8 Å². The first-order valence-electron chi connectivity index (χ1n) is 6.36. The van der Waals surface area contributed by atoms with Crippen LogP contribution in [0.25, 0.3) is 0 Å². The first-order valence-corrected chi connectivity index (χ1v) is 7.16. The molecule has 0 amide bonds. The predicted octanol–water partition coefficient (Wildman–Crippen LogP) is 3.08. The highest BCUT2D eigenvalue weighted by molar-refractivity contribution is 9.10. The molecule has 0 aromatic heterocycles. The van der Waals surface area contributed by atoms with Crippen molar-refractivity contribution in [2.45, 2.75) is 25.7 Å². The molecule has 0 aliphatic heterocycles. The third-order valence-corrected chi connectivity index (χ3v) is 3.77. The maximum atomic E-state index is 11.6. The minimum Gasteiger partial charge on any atom is -0.426 e. The summed E-state index contributed by atoms with van der Waals surface area (Å²) >= 11 is 3.32. The van der Waals surface area contributed by atoms with E-state index < -0.39 is 0 Å². The molecular formula is C14H13BrO4. The highest BCUT2D eigenvalue weighted by atomic mass is 79.9. The normalized spacial score (nSPS) is 17.9. The Labute approximate surface area is 119 Å². The molecule has 0 atom stereocenters. The summed E-state index contributed by atoms with van der Waals surface area (Å²) in [7, 11) is 0. The van der Waals surface area contributed by atoms with Crippen LogP contribution in [0, 0.1) is 11.8 Å². The second-order valence-electron chi connectivity index (χ2n) is 4.98. The predicted molar refractivity (Wildman–Crippen MR) is 70.9 cm³/mol. The van der Waals surface area contributed by atoms with E-state index in [9.17, 15) is 9.59 Å². The third kappa shape index (κ3) is 3.15. The molecule has 0 N–H and O–H groups in total. The van der Waals surface area contributed by atoms with Crippen molar-refractivity contribution in [3.05, 3.63) is 22.7 Å². The molecule has 2 fully saturated rings. The lowest BCUT2D eigenvalue weighted by Gasteiger charge is -2.08. The van der Waals surface area contributed by atoms with E-state index in [4.69, 9.17) is 9.47 Å². The summed E-state index contributed by atoms with van der Waals surface area (Å²) in [6, 6.07) is 4.93. The van der Waals surface area contributed by atoms with Crippen molar-refractivity contribution in [3.63, 3.8) is 0 Å². The zero-order valence-electron chi connectivity index (χ0n) is 10.2. The molecule has 1 aromatic rings. The lowest BCUT2D eigenvalue weighted by Crippen LogP contribution is -2.11. The van der Waals surface area contributed by atoms with Crippen molar-refractivity contribution in [3.8, 4) is 11.5 Å². The lowest BCUT2D eigenvalue weighted by molar-refractivity contribution is -0.136. The van der Waals surface area contributed by atoms with E-state index in [2.05, 4.69) is 15.9 Å². The fourth-order valence-corrected chi connectivity index (χ4v) is 2.10. The molecule has 2 saturated carbocycles. The summed E-state index contributed by atoms with van der Waals surface area (Å²) < 4.78 is 11.1. The second-order valence-corrected chi connectivity index (χ2v) is 5.84. The number of carbonyl (C=O) groups excluding carboxylic acids is 2. The van der Waals surface area contributed by atoms with Crippen LogP contribution in [0.4, 0.5) is 0 Å². The van der Waals surface area contributed by atoms with Crippen molar-refractivity contribution < 1.29 is 19.1 Å². The van der Waals surface area contributed by atoms with Crippen molar-refractivity contribution in [1.82, 2.24) is 0 Å². The van der Waals surface area contributed by atoms with Gasteiger partial charge in [0.15, 0.2) is 0 Å². The van der Waals surface area contributed by atoms with Crippen molar-refractivity contribution in [2.24, 2.45) is 11.8 Å². The third-order valence-electron chi connectivity index (χ3n) is 3.15. The molecule has 3 rings (SSSR count). The first kappa shape index (κ1) is 12.7. The standard InChI is InChI=1S/C14H13BrO4/c15-11-7-10(18-13(16)8-1-2-8)5-6-12(11)19-14(17)9-3-4-9/h5-9H,1-4H2. The molecule has 5 heteroatoms. The summed E-state index contributed by atoms with van der Waals surface area (Å²) in [5, 5.41) is 0. The van der Waals surface area contributed by atoms with Gasteiger partial charge in [0.05, 0.1) is 16.3 Å². The Morgan fingerprint density at radius 3 is 2.11 bits per heavy atom. The fourth-order valence-electron chi connectivity index (χ4n) is 1.66. The molecule has 2 aliphatic rings. The smallest absolute Gasteiger partial charge is 0.314 e. The van der Waals surface area contributed by atoms with E-state index >= 15 is 0 Å². The van der Waals surface area contributed by atoms with Gasteiger partial charge in [0.1, 0.15) is 11.5 Å². The van der Waals surface area contributed by atoms with E-state index in [1.165, 1.54) is 0 Å². The highest BCUT2D eigenvalue weighted by Crippen LogP contribution is 2.35. The molecule has 4 nitrogen and oxygen atoms in total. The zero-order valence-corrected chi connectivity index (χ0v) is 11.8. The van der Waals surface area contributed by atoms with Gasteiger partial charge in [-0.25, -0.2) is 0 Å². The summed E-state index contributed by atoms with van der Waals surface area (Å²) in [6.07, 6.45) is 3.65. The first-order chi connectivity index (χ1) is 9.13. The molecular weight excluding hydrogens is 312 g/mol. The molecule has 100 valence electrons. The molecule has 0 radical (unpaired) electrons. The number of halogens is 1. The van der Waals surface area contributed by atoms with Crippen LogP contribution < -0.4 is 9.47 Å². The Morgan fingerprint density at radius 1 is 1.00 bits per heavy atom. The molecule has 2 aliphatic carbocycles. The quantitative estimate of drug-likeness (QED) is 0.631. The Morgan fingerprint density at radius 2 is 1.58 bits per heavy atom. The number of hydrogen-bond donors (Lipinski definition) is 0. The van der Waals surface area contributed by atoms with E-state index in [1.807, 2.05) is 0 Å². The molecule has 0 unspecified atom stereocenters. The number of carbonyl (C=O) groups is 2. The van der Waals surface area contributed by atoms with Gasteiger partial charge in [0.25, 0.3) is 0 Å². The van der Waals surface area contributed by atoms with Gasteiger partial charge in [-0.3, -0.25) is 9.59 Å². The lowest BCUT2D eigenvalue weighted by atomic mass is 10.3. The number of hydrogen-bond acceptors (Lipinski definition) is 4. The Balaban J connectivity index is 1.66. The summed E-state index contributed by atoms with van der Waals surface area (Å²) in [5.74, 6) is 0.668. The van der Waals surface area contributed by atoms with Crippen molar-refractivity contribution in [2.75, 3.05) is 0 Å². The number of benzene rings is 1. The average Bonchev–Trinajstić information content (AvgIpc) is 3.25. The van der Waals surface area contributed by atoms with Gasteiger partial charge in [-0.15, -0.1) is 0 Å². The van der Waals surface area contributed by atoms with Crippen LogP contribution in [0.2, 0.25) is 0 Å². The minimum absolute atomic E-state index is 0.0549. The highest BCUT2D eigenvalue weighted by Gasteiger charge is 2.33. The van der Waals surface area contributed by atoms with E-state index in [0.717, 1.165) is 25.7 Å². The van der Waals surface area contributed by atoms with Crippen LogP contribution in [0.3, 0.4) is 0 Å². The molecule has 0 spiro atoms. The molecule has 0 heterocycles. The van der Waals surface area contributed by atoms with Gasteiger partial charge in [0, 0.05) is 0 Å². The number of ether oxygens (including phenoxy) is 2. The van der Waals surface area contributed by atoms with Crippen LogP contribution in [0.15, 0.2) is 22.7 Å². The molecule has 0 saturated heterocycles. The van der Waals surface area contributed by atoms with Crippen molar-refractivity contribution in [1.29, 1.82) is 0 Å². The maximum absolute atomic E-state index is 11.6. The molecule has 0 bridgehead atoms. The van der Waals surface area contributed by atoms with Crippen LogP contribution in [-0.4, -0.2) is 11.9 Å². The largest absolute Gasteiger partial charge is 0.426 e. The Bertz CT molecular complexity index is 532. The number of rotatable bonds is 4. The monoisotopic (exact) mass is 324 g/mol. The van der Waals surface area contributed by atoms with Crippen LogP contribution in [-0.2, 0) is 9.59 Å². The van der Waals surface area contributed by atoms with Crippen LogP contribution in [0.5, 0.6) is 11.5 Å². The summed E-state index contributed by atoms with van der Waals surface area (Å²) in [4.78, 5) is 23.1. The topological polar surface area (TPSA) is 52.6 Å². The van der Waals surface area contributed by atoms with Crippen LogP contribution >= 0.6 is 15.9 Å². The van der Waals surface area contributed by atoms with Gasteiger partial charge in [-0.1, -0.05) is 0 Å². The Hall–Kier alpha value is -1.36. The fraction of sp³-hybridized carbons (Fsp3) is 0.429. The summed E-state index contributed by atoms with van der Waals surface area (Å²) in [6.45, 7) is 0. The summed E-state index contributed by atoms with van der Waals surface area (Å²) in [5.41, 5.74) is 0. The maximum Gasteiger partial charge on any atom is 0.314 e. The number of esters is 2. The van der Waals surface area contributed by atoms with Gasteiger partial charge < -0.3 is 9.47 Å². The SMILES string of the molecule is O=C(Oc1ccc(OC(=O)C2CC2)c(Br)c1)C1CC1. The minimum atomic E-state index is -0.191. The Kier molecular flexibility index (Phi) is 3.31. The zero-order chi connectivity index (χ0) is 13.4. The van der Waals surface area contributed by atoms with E-state index in [0.29, 0.717) is 16.0 Å². The van der Waals surface area contributed by atoms with Gasteiger partial charge in [-0.2, -0.15) is 0 Å². The average molecular weight is 325 g/mol. The molecule has 19 heavy (non-hydrogen) atoms. The van der Waals surface area contributed by atoms with Crippen LogP contribution in [0.1, 0.15) is 25.7 Å². The van der Waals surface area contributed by atoms with E-state index in [1.54, 1.807) is 18.2 Å². The second kappa shape index (κ2) is 4.96. The molecule has 1 aromatic carbocycles. The van der Waals surface area contributed by atoms with Gasteiger partial charge in [-0.05, 0) is 59.8 Å². The van der Waals surface area contributed by atoms with Gasteiger partial charge in [0.2, 0.25) is 0 Å². The van der Waals surface area contributed by atoms with Crippen molar-refractivity contribution >= 4 is 27.9 Å². The van der Waals surface area contributed by atoms with Gasteiger partial charge >= 0.3 is 11.9 Å².